The zero-order chi connectivity index (χ0) is 17.7. The third kappa shape index (κ3) is 4.28. The molecule has 0 amide bonds. The van der Waals surface area contributed by atoms with Gasteiger partial charge in [-0.3, -0.25) is 0 Å². The van der Waals surface area contributed by atoms with E-state index in [1.54, 1.807) is 18.2 Å². The van der Waals surface area contributed by atoms with Gasteiger partial charge in [0, 0.05) is 13.8 Å². The lowest BCUT2D eigenvalue weighted by Gasteiger charge is -2.29. The van der Waals surface area contributed by atoms with E-state index in [4.69, 9.17) is 18.9 Å². The molecule has 1 aromatic rings. The molecule has 0 unspecified atom stereocenters. The maximum Gasteiger partial charge on any atom is 0.348 e. The highest BCUT2D eigenvalue weighted by Crippen LogP contribution is 2.31. The number of hydrogen-bond acceptors (Lipinski definition) is 6. The summed E-state index contributed by atoms with van der Waals surface area (Å²) in [5.74, 6) is -1.49. The molecular formula is C18H22O6. The first-order valence-corrected chi connectivity index (χ1v) is 7.94. The van der Waals surface area contributed by atoms with Crippen LogP contribution in [-0.2, 0) is 19.1 Å². The van der Waals surface area contributed by atoms with E-state index in [0.717, 1.165) is 6.42 Å². The second kappa shape index (κ2) is 7.38. The van der Waals surface area contributed by atoms with Crippen LogP contribution in [0.5, 0.6) is 11.5 Å². The predicted molar refractivity (Wildman–Crippen MR) is 87.6 cm³/mol. The summed E-state index contributed by atoms with van der Waals surface area (Å²) in [5, 5.41) is 0. The van der Waals surface area contributed by atoms with Crippen LogP contribution in [0.3, 0.4) is 0 Å². The Morgan fingerprint density at radius 3 is 2.29 bits per heavy atom. The van der Waals surface area contributed by atoms with Crippen molar-refractivity contribution in [1.29, 1.82) is 0 Å². The molecule has 1 aromatic carbocycles. The number of carbonyl (C=O) groups excluding carboxylic acids is 2. The minimum Gasteiger partial charge on any atom is -0.490 e. The predicted octanol–water partition coefficient (Wildman–Crippen LogP) is 3.09. The van der Waals surface area contributed by atoms with Crippen LogP contribution in [0, 0.1) is 0 Å². The van der Waals surface area contributed by atoms with Crippen molar-refractivity contribution in [2.75, 3.05) is 13.2 Å². The SMILES string of the molecule is CCCOc1ccc(C=C2C(=O)OC(C)(C)OC2=O)cc1OCC. The van der Waals surface area contributed by atoms with Gasteiger partial charge in [-0.05, 0) is 37.1 Å². The average Bonchev–Trinajstić information content (AvgIpc) is 2.49. The molecule has 1 saturated heterocycles. The lowest BCUT2D eigenvalue weighted by molar-refractivity contribution is -0.222. The standard InChI is InChI=1S/C18H22O6/c1-5-9-22-14-8-7-12(11-15(14)21-6-2)10-13-16(19)23-18(3,4)24-17(13)20/h7-8,10-11H,5-6,9H2,1-4H3. The third-order valence-electron chi connectivity index (χ3n) is 3.16. The summed E-state index contributed by atoms with van der Waals surface area (Å²) in [5.41, 5.74) is 0.463. The molecule has 6 nitrogen and oxygen atoms in total. The van der Waals surface area contributed by atoms with Crippen LogP contribution in [0.4, 0.5) is 0 Å². The van der Waals surface area contributed by atoms with Gasteiger partial charge >= 0.3 is 11.9 Å². The average molecular weight is 334 g/mol. The van der Waals surface area contributed by atoms with Crippen molar-refractivity contribution in [3.63, 3.8) is 0 Å². The Morgan fingerprint density at radius 2 is 1.71 bits per heavy atom. The largest absolute Gasteiger partial charge is 0.490 e. The van der Waals surface area contributed by atoms with Gasteiger partial charge in [-0.25, -0.2) is 9.59 Å². The van der Waals surface area contributed by atoms with Gasteiger partial charge in [-0.1, -0.05) is 13.0 Å². The van der Waals surface area contributed by atoms with Crippen molar-refractivity contribution in [2.24, 2.45) is 0 Å². The third-order valence-corrected chi connectivity index (χ3v) is 3.16. The molecule has 1 fully saturated rings. The van der Waals surface area contributed by atoms with E-state index in [0.29, 0.717) is 30.3 Å². The van der Waals surface area contributed by atoms with Gasteiger partial charge in [0.15, 0.2) is 11.5 Å². The van der Waals surface area contributed by atoms with Gasteiger partial charge in [0.25, 0.3) is 5.79 Å². The Balaban J connectivity index is 2.30. The van der Waals surface area contributed by atoms with Gasteiger partial charge in [-0.2, -0.15) is 0 Å². The smallest absolute Gasteiger partial charge is 0.348 e. The van der Waals surface area contributed by atoms with Crippen LogP contribution in [0.2, 0.25) is 0 Å². The minimum atomic E-state index is -1.25. The van der Waals surface area contributed by atoms with E-state index < -0.39 is 17.7 Å². The quantitative estimate of drug-likeness (QED) is 0.452. The van der Waals surface area contributed by atoms with Crippen molar-refractivity contribution in [3.05, 3.63) is 29.3 Å². The fraction of sp³-hybridized carbons (Fsp3) is 0.444. The van der Waals surface area contributed by atoms with Gasteiger partial charge in [0.2, 0.25) is 0 Å². The summed E-state index contributed by atoms with van der Waals surface area (Å²) in [7, 11) is 0. The number of hydrogen-bond donors (Lipinski definition) is 0. The van der Waals surface area contributed by atoms with Crippen molar-refractivity contribution in [3.8, 4) is 11.5 Å². The molecule has 0 radical (unpaired) electrons. The Bertz CT molecular complexity index is 637. The van der Waals surface area contributed by atoms with Crippen LogP contribution in [0.25, 0.3) is 6.08 Å². The van der Waals surface area contributed by atoms with E-state index in [2.05, 4.69) is 0 Å². The lowest BCUT2D eigenvalue weighted by atomic mass is 10.1. The Hall–Kier alpha value is -2.50. The van der Waals surface area contributed by atoms with Gasteiger partial charge in [-0.15, -0.1) is 0 Å². The maximum atomic E-state index is 12.0. The van der Waals surface area contributed by atoms with Crippen LogP contribution in [-0.4, -0.2) is 30.9 Å². The highest BCUT2D eigenvalue weighted by atomic mass is 16.7. The molecular weight excluding hydrogens is 312 g/mol. The second-order valence-electron chi connectivity index (χ2n) is 5.72. The molecule has 0 spiro atoms. The molecule has 2 rings (SSSR count). The second-order valence-corrected chi connectivity index (χ2v) is 5.72. The molecule has 1 aliphatic rings. The first kappa shape index (κ1) is 17.8. The fourth-order valence-electron chi connectivity index (χ4n) is 2.16. The monoisotopic (exact) mass is 334 g/mol. The minimum absolute atomic E-state index is 0.154. The van der Waals surface area contributed by atoms with E-state index in [-0.39, 0.29) is 5.57 Å². The number of benzene rings is 1. The highest BCUT2D eigenvalue weighted by Gasteiger charge is 2.38. The van der Waals surface area contributed by atoms with Crippen LogP contribution >= 0.6 is 0 Å². The molecule has 0 N–H and O–H groups in total. The normalized spacial score (nSPS) is 16.2. The van der Waals surface area contributed by atoms with Crippen molar-refractivity contribution in [1.82, 2.24) is 0 Å². The molecule has 1 heterocycles. The van der Waals surface area contributed by atoms with E-state index in [1.807, 2.05) is 13.8 Å². The van der Waals surface area contributed by atoms with E-state index in [1.165, 1.54) is 19.9 Å². The van der Waals surface area contributed by atoms with Crippen LogP contribution in [0.1, 0.15) is 39.7 Å². The lowest BCUT2D eigenvalue weighted by Crippen LogP contribution is -2.41. The molecule has 0 bridgehead atoms. The molecule has 0 saturated carbocycles. The highest BCUT2D eigenvalue weighted by molar-refractivity contribution is 6.18. The van der Waals surface area contributed by atoms with Gasteiger partial charge in [0.1, 0.15) is 5.57 Å². The fourth-order valence-corrected chi connectivity index (χ4v) is 2.16. The molecule has 6 heteroatoms. The van der Waals surface area contributed by atoms with Crippen molar-refractivity contribution in [2.45, 2.75) is 39.9 Å². The topological polar surface area (TPSA) is 71.1 Å². The Kier molecular flexibility index (Phi) is 5.49. The number of cyclic esters (lactones) is 2. The molecule has 0 atom stereocenters. The van der Waals surface area contributed by atoms with Gasteiger partial charge < -0.3 is 18.9 Å². The zero-order valence-corrected chi connectivity index (χ0v) is 14.4. The van der Waals surface area contributed by atoms with Crippen LogP contribution < -0.4 is 9.47 Å². The first-order chi connectivity index (χ1) is 11.4. The molecule has 0 aromatic heterocycles. The Labute approximate surface area is 141 Å². The maximum absolute atomic E-state index is 12.0. The summed E-state index contributed by atoms with van der Waals surface area (Å²) in [6.45, 7) is 7.95. The summed E-state index contributed by atoms with van der Waals surface area (Å²) in [4.78, 5) is 24.0. The molecule has 1 aliphatic heterocycles. The number of esters is 2. The first-order valence-electron chi connectivity index (χ1n) is 7.94. The summed E-state index contributed by atoms with van der Waals surface area (Å²) < 4.78 is 21.3. The number of carbonyl (C=O) groups is 2. The van der Waals surface area contributed by atoms with Crippen molar-refractivity contribution >= 4 is 18.0 Å². The number of ether oxygens (including phenoxy) is 4. The molecule has 24 heavy (non-hydrogen) atoms. The zero-order valence-electron chi connectivity index (χ0n) is 14.4. The van der Waals surface area contributed by atoms with E-state index in [9.17, 15) is 9.59 Å². The van der Waals surface area contributed by atoms with Crippen molar-refractivity contribution < 1.29 is 28.5 Å². The van der Waals surface area contributed by atoms with Gasteiger partial charge in [0.05, 0.1) is 13.2 Å². The Morgan fingerprint density at radius 1 is 1.04 bits per heavy atom. The molecule has 130 valence electrons. The number of rotatable bonds is 6. The summed E-state index contributed by atoms with van der Waals surface area (Å²) in [6.07, 6.45) is 2.30. The van der Waals surface area contributed by atoms with E-state index >= 15 is 0 Å². The van der Waals surface area contributed by atoms with Crippen LogP contribution in [0.15, 0.2) is 23.8 Å². The summed E-state index contributed by atoms with van der Waals surface area (Å²) >= 11 is 0. The molecule has 0 aliphatic carbocycles. The summed E-state index contributed by atoms with van der Waals surface area (Å²) in [6, 6.07) is 5.19.